The summed E-state index contributed by atoms with van der Waals surface area (Å²) in [7, 11) is 0. The molecule has 0 fully saturated rings. The van der Waals surface area contributed by atoms with Crippen molar-refractivity contribution >= 4 is 34.8 Å². The second kappa shape index (κ2) is 4.96. The zero-order chi connectivity index (χ0) is 10.5. The zero-order valence-corrected chi connectivity index (χ0v) is 9.42. The van der Waals surface area contributed by atoms with Crippen LogP contribution in [-0.2, 0) is 0 Å². The maximum Gasteiger partial charge on any atom is 0.0644 e. The molecular weight excluding hydrogens is 228 g/mol. The van der Waals surface area contributed by atoms with Gasteiger partial charge < -0.3 is 0 Å². The maximum atomic E-state index is 5.83. The van der Waals surface area contributed by atoms with Gasteiger partial charge in [-0.3, -0.25) is 5.43 Å². The summed E-state index contributed by atoms with van der Waals surface area (Å²) in [6.45, 7) is 0. The van der Waals surface area contributed by atoms with Crippen molar-refractivity contribution in [2.45, 2.75) is 0 Å². The Bertz CT molecular complexity index is 451. The molecule has 4 heteroatoms. The molecule has 15 heavy (non-hydrogen) atoms. The number of nitrogens with one attached hydrogen (secondary N) is 1. The first-order chi connectivity index (χ1) is 7.34. The van der Waals surface area contributed by atoms with Gasteiger partial charge >= 0.3 is 0 Å². The summed E-state index contributed by atoms with van der Waals surface area (Å²) in [5.74, 6) is 0. The molecule has 1 aromatic heterocycles. The van der Waals surface area contributed by atoms with Crippen LogP contribution in [0.3, 0.4) is 0 Å². The fourth-order valence-corrected chi connectivity index (χ4v) is 1.87. The summed E-state index contributed by atoms with van der Waals surface area (Å²) in [5.41, 5.74) is 3.80. The number of hydrazone groups is 1. The van der Waals surface area contributed by atoms with Gasteiger partial charge in [-0.1, -0.05) is 23.7 Å². The minimum atomic E-state index is 0.700. The number of hydrogen-bond acceptors (Lipinski definition) is 3. The third kappa shape index (κ3) is 3.08. The summed E-state index contributed by atoms with van der Waals surface area (Å²) in [4.78, 5) is 1.12. The first-order valence-corrected chi connectivity index (χ1v) is 5.68. The summed E-state index contributed by atoms with van der Waals surface area (Å²) < 4.78 is 0. The predicted octanol–water partition coefficient (Wildman–Crippen LogP) is 3.85. The van der Waals surface area contributed by atoms with Crippen molar-refractivity contribution in [3.05, 3.63) is 51.7 Å². The van der Waals surface area contributed by atoms with Crippen LogP contribution >= 0.6 is 22.9 Å². The Kier molecular flexibility index (Phi) is 3.37. The molecule has 2 aromatic rings. The maximum absolute atomic E-state index is 5.83. The van der Waals surface area contributed by atoms with Crippen LogP contribution in [0.1, 0.15) is 4.88 Å². The standard InChI is InChI=1S/C11H9ClN2S/c12-9-3-1-4-10(7-9)14-13-8-11-5-2-6-15-11/h1-8,14H/b13-8+. The third-order valence-corrected chi connectivity index (χ3v) is 2.80. The molecule has 0 spiro atoms. The van der Waals surface area contributed by atoms with E-state index in [4.69, 9.17) is 11.6 Å². The van der Waals surface area contributed by atoms with Gasteiger partial charge in [-0.15, -0.1) is 11.3 Å². The van der Waals surface area contributed by atoms with Crippen molar-refractivity contribution in [1.82, 2.24) is 0 Å². The van der Waals surface area contributed by atoms with E-state index in [-0.39, 0.29) is 0 Å². The summed E-state index contributed by atoms with van der Waals surface area (Å²) >= 11 is 7.48. The Morgan fingerprint density at radius 2 is 2.20 bits per heavy atom. The lowest BCUT2D eigenvalue weighted by Crippen LogP contribution is -1.88. The van der Waals surface area contributed by atoms with Crippen molar-refractivity contribution in [3.63, 3.8) is 0 Å². The number of benzene rings is 1. The van der Waals surface area contributed by atoms with Crippen LogP contribution < -0.4 is 5.43 Å². The number of halogens is 1. The molecule has 2 rings (SSSR count). The molecule has 1 N–H and O–H groups in total. The molecule has 1 heterocycles. The molecule has 0 aliphatic heterocycles. The van der Waals surface area contributed by atoms with Crippen LogP contribution in [0.15, 0.2) is 46.9 Å². The fraction of sp³-hybridized carbons (Fsp3) is 0. The smallest absolute Gasteiger partial charge is 0.0644 e. The average Bonchev–Trinajstić information content (AvgIpc) is 2.71. The van der Waals surface area contributed by atoms with Crippen molar-refractivity contribution in [1.29, 1.82) is 0 Å². The minimum absolute atomic E-state index is 0.700. The lowest BCUT2D eigenvalue weighted by molar-refractivity contribution is 1.35. The Morgan fingerprint density at radius 1 is 1.27 bits per heavy atom. The first-order valence-electron chi connectivity index (χ1n) is 4.43. The number of thiophene rings is 1. The molecule has 1 aromatic carbocycles. The third-order valence-electron chi connectivity index (χ3n) is 1.75. The molecule has 0 saturated heterocycles. The fourth-order valence-electron chi connectivity index (χ4n) is 1.09. The quantitative estimate of drug-likeness (QED) is 0.635. The van der Waals surface area contributed by atoms with Crippen LogP contribution in [-0.4, -0.2) is 6.21 Å². The zero-order valence-electron chi connectivity index (χ0n) is 7.85. The van der Waals surface area contributed by atoms with E-state index in [2.05, 4.69) is 10.5 Å². The van der Waals surface area contributed by atoms with Crippen molar-refractivity contribution in [2.75, 3.05) is 5.43 Å². The van der Waals surface area contributed by atoms with Gasteiger partial charge in [0.05, 0.1) is 11.9 Å². The summed E-state index contributed by atoms with van der Waals surface area (Å²) in [6.07, 6.45) is 1.78. The highest BCUT2D eigenvalue weighted by atomic mass is 35.5. The van der Waals surface area contributed by atoms with Gasteiger partial charge in [-0.2, -0.15) is 5.10 Å². The normalized spacial score (nSPS) is 10.7. The van der Waals surface area contributed by atoms with Gasteiger partial charge in [-0.25, -0.2) is 0 Å². The van der Waals surface area contributed by atoms with Crippen LogP contribution in [0.2, 0.25) is 5.02 Å². The van der Waals surface area contributed by atoms with Crippen LogP contribution in [0.4, 0.5) is 5.69 Å². The topological polar surface area (TPSA) is 24.4 Å². The molecule has 0 atom stereocenters. The predicted molar refractivity (Wildman–Crippen MR) is 67.0 cm³/mol. The molecule has 0 amide bonds. The molecule has 0 aliphatic rings. The molecular formula is C11H9ClN2S. The Balaban J connectivity index is 1.99. The van der Waals surface area contributed by atoms with Crippen LogP contribution in [0.25, 0.3) is 0 Å². The van der Waals surface area contributed by atoms with Gasteiger partial charge in [0.2, 0.25) is 0 Å². The average molecular weight is 237 g/mol. The Labute approximate surface area is 97.2 Å². The van der Waals surface area contributed by atoms with E-state index in [1.165, 1.54) is 0 Å². The SMILES string of the molecule is Clc1cccc(N/N=C/c2cccs2)c1. The number of anilines is 1. The second-order valence-corrected chi connectivity index (χ2v) is 4.31. The lowest BCUT2D eigenvalue weighted by Gasteiger charge is -1.98. The van der Waals surface area contributed by atoms with Gasteiger partial charge in [0, 0.05) is 9.90 Å². The molecule has 0 unspecified atom stereocenters. The van der Waals surface area contributed by atoms with E-state index in [1.54, 1.807) is 17.6 Å². The molecule has 0 radical (unpaired) electrons. The van der Waals surface area contributed by atoms with Crippen molar-refractivity contribution in [2.24, 2.45) is 5.10 Å². The van der Waals surface area contributed by atoms with Crippen molar-refractivity contribution in [3.8, 4) is 0 Å². The van der Waals surface area contributed by atoms with Gasteiger partial charge in [-0.05, 0) is 29.6 Å². The van der Waals surface area contributed by atoms with Crippen LogP contribution in [0.5, 0.6) is 0 Å². The van der Waals surface area contributed by atoms with E-state index < -0.39 is 0 Å². The molecule has 2 nitrogen and oxygen atoms in total. The van der Waals surface area contributed by atoms with Gasteiger partial charge in [0.1, 0.15) is 0 Å². The second-order valence-electron chi connectivity index (χ2n) is 2.90. The van der Waals surface area contributed by atoms with Crippen LogP contribution in [0, 0.1) is 0 Å². The van der Waals surface area contributed by atoms with Crippen molar-refractivity contribution < 1.29 is 0 Å². The monoisotopic (exact) mass is 236 g/mol. The first kappa shape index (κ1) is 10.2. The van der Waals surface area contributed by atoms with E-state index >= 15 is 0 Å². The molecule has 0 aliphatic carbocycles. The van der Waals surface area contributed by atoms with E-state index in [0.717, 1.165) is 10.6 Å². The summed E-state index contributed by atoms with van der Waals surface area (Å²) in [6, 6.07) is 11.4. The molecule has 0 bridgehead atoms. The van der Waals surface area contributed by atoms with E-state index in [9.17, 15) is 0 Å². The van der Waals surface area contributed by atoms with Gasteiger partial charge in [0.25, 0.3) is 0 Å². The number of rotatable bonds is 3. The van der Waals surface area contributed by atoms with E-state index in [0.29, 0.717) is 5.02 Å². The highest BCUT2D eigenvalue weighted by molar-refractivity contribution is 7.11. The molecule has 0 saturated carbocycles. The Hall–Kier alpha value is -1.32. The highest BCUT2D eigenvalue weighted by Crippen LogP contribution is 2.14. The largest absolute Gasteiger partial charge is 0.278 e. The Morgan fingerprint density at radius 3 is 2.93 bits per heavy atom. The number of hydrogen-bond donors (Lipinski definition) is 1. The minimum Gasteiger partial charge on any atom is -0.278 e. The highest BCUT2D eigenvalue weighted by Gasteiger charge is 1.90. The van der Waals surface area contributed by atoms with E-state index in [1.807, 2.05) is 41.8 Å². The molecule has 76 valence electrons. The number of nitrogens with zero attached hydrogens (tertiary/aromatic N) is 1. The van der Waals surface area contributed by atoms with Gasteiger partial charge in [0.15, 0.2) is 0 Å². The lowest BCUT2D eigenvalue weighted by atomic mass is 10.3. The summed E-state index contributed by atoms with van der Waals surface area (Å²) in [5, 5.41) is 6.82.